The summed E-state index contributed by atoms with van der Waals surface area (Å²) in [7, 11) is 0. The van der Waals surface area contributed by atoms with Crippen molar-refractivity contribution in [1.82, 2.24) is 0 Å². The number of hydrogen-bond donors (Lipinski definition) is 0. The maximum atomic E-state index is 11.8. The van der Waals surface area contributed by atoms with Crippen molar-refractivity contribution in [1.29, 1.82) is 0 Å². The number of fused-ring (bicyclic) bond motifs is 2. The molecule has 0 radical (unpaired) electrons. The third-order valence-electron chi connectivity index (χ3n) is 5.16. The molecule has 0 aromatic rings. The van der Waals surface area contributed by atoms with E-state index >= 15 is 0 Å². The highest BCUT2D eigenvalue weighted by atomic mass is 16.5. The van der Waals surface area contributed by atoms with E-state index in [1.807, 2.05) is 0 Å². The minimum Gasteiger partial charge on any atom is -0.370 e. The van der Waals surface area contributed by atoms with Crippen LogP contribution in [0.4, 0.5) is 0 Å². The van der Waals surface area contributed by atoms with Gasteiger partial charge in [-0.15, -0.1) is 0 Å². The largest absolute Gasteiger partial charge is 0.370 e. The van der Waals surface area contributed by atoms with Crippen LogP contribution in [0.3, 0.4) is 0 Å². The Hall–Kier alpha value is -0.410. The number of Topliss-reactive ketones (excluding diaryl/α,β-unsaturated/α-hetero) is 1. The minimum atomic E-state index is 0.119. The first-order valence-corrected chi connectivity index (χ1v) is 8.06. The maximum absolute atomic E-state index is 11.8. The van der Waals surface area contributed by atoms with Crippen LogP contribution in [0, 0.1) is 11.8 Å². The molecule has 3 rings (SSSR count). The lowest BCUT2D eigenvalue weighted by molar-refractivity contribution is -0.133. The van der Waals surface area contributed by atoms with Gasteiger partial charge in [0.2, 0.25) is 0 Å². The summed E-state index contributed by atoms with van der Waals surface area (Å²) in [4.78, 5) is 11.8. The lowest BCUT2D eigenvalue weighted by Crippen LogP contribution is -2.27. The second-order valence-corrected chi connectivity index (χ2v) is 6.63. The van der Waals surface area contributed by atoms with E-state index in [1.165, 1.54) is 44.9 Å². The SMILES string of the molecule is O=C(COC1CCCCC1)COC1CC2CCC1C2. The van der Waals surface area contributed by atoms with Gasteiger partial charge in [0.05, 0.1) is 12.2 Å². The van der Waals surface area contributed by atoms with Crippen LogP contribution >= 0.6 is 0 Å². The van der Waals surface area contributed by atoms with Gasteiger partial charge in [0.15, 0.2) is 5.78 Å². The zero-order valence-electron chi connectivity index (χ0n) is 11.8. The molecule has 2 bridgehead atoms. The van der Waals surface area contributed by atoms with Crippen molar-refractivity contribution in [3.63, 3.8) is 0 Å². The normalized spacial score (nSPS) is 34.8. The predicted octanol–water partition coefficient (Wildman–Crippen LogP) is 3.11. The Bertz CT molecular complexity index is 309. The van der Waals surface area contributed by atoms with Crippen LogP contribution in [-0.4, -0.2) is 31.2 Å². The quantitative estimate of drug-likeness (QED) is 0.741. The first-order chi connectivity index (χ1) is 9.31. The van der Waals surface area contributed by atoms with Crippen molar-refractivity contribution < 1.29 is 14.3 Å². The zero-order valence-corrected chi connectivity index (χ0v) is 11.8. The highest BCUT2D eigenvalue weighted by molar-refractivity contribution is 5.80. The van der Waals surface area contributed by atoms with Crippen LogP contribution in [0.2, 0.25) is 0 Å². The average molecular weight is 266 g/mol. The van der Waals surface area contributed by atoms with Gasteiger partial charge >= 0.3 is 0 Å². The molecule has 0 saturated heterocycles. The topological polar surface area (TPSA) is 35.5 Å². The molecule has 3 unspecified atom stereocenters. The molecule has 3 fully saturated rings. The van der Waals surface area contributed by atoms with E-state index in [-0.39, 0.29) is 19.0 Å². The fourth-order valence-corrected chi connectivity index (χ4v) is 4.07. The first kappa shape index (κ1) is 13.6. The molecule has 19 heavy (non-hydrogen) atoms. The average Bonchev–Trinajstić information content (AvgIpc) is 3.06. The molecule has 3 nitrogen and oxygen atoms in total. The van der Waals surface area contributed by atoms with Gasteiger partial charge in [-0.05, 0) is 50.4 Å². The molecule has 0 N–H and O–H groups in total. The van der Waals surface area contributed by atoms with Crippen molar-refractivity contribution in [3.05, 3.63) is 0 Å². The lowest BCUT2D eigenvalue weighted by Gasteiger charge is -2.23. The number of rotatable bonds is 6. The molecular weight excluding hydrogens is 240 g/mol. The van der Waals surface area contributed by atoms with E-state index in [4.69, 9.17) is 9.47 Å². The Kier molecular flexibility index (Phi) is 4.54. The highest BCUT2D eigenvalue weighted by Gasteiger charge is 2.40. The molecule has 3 atom stereocenters. The number of ketones is 1. The number of ether oxygens (including phenoxy) is 2. The van der Waals surface area contributed by atoms with Gasteiger partial charge in [-0.3, -0.25) is 4.79 Å². The minimum absolute atomic E-state index is 0.119. The standard InChI is InChI=1S/C16H26O3/c17-14(10-18-15-4-2-1-3-5-15)11-19-16-9-12-6-7-13(16)8-12/h12-13,15-16H,1-11H2. The molecule has 3 saturated carbocycles. The van der Waals surface area contributed by atoms with Crippen molar-refractivity contribution >= 4 is 5.78 Å². The van der Waals surface area contributed by atoms with Crippen molar-refractivity contribution in [2.45, 2.75) is 70.0 Å². The zero-order chi connectivity index (χ0) is 13.1. The summed E-state index contributed by atoms with van der Waals surface area (Å²) in [6, 6.07) is 0. The van der Waals surface area contributed by atoms with Gasteiger partial charge in [-0.1, -0.05) is 19.3 Å². The number of carbonyl (C=O) groups is 1. The predicted molar refractivity (Wildman–Crippen MR) is 73.0 cm³/mol. The van der Waals surface area contributed by atoms with E-state index in [9.17, 15) is 4.79 Å². The van der Waals surface area contributed by atoms with Gasteiger partial charge in [0.1, 0.15) is 13.2 Å². The smallest absolute Gasteiger partial charge is 0.184 e. The Morgan fingerprint density at radius 1 is 0.895 bits per heavy atom. The Morgan fingerprint density at radius 2 is 1.68 bits per heavy atom. The van der Waals surface area contributed by atoms with Gasteiger partial charge < -0.3 is 9.47 Å². The molecule has 0 aromatic carbocycles. The summed E-state index contributed by atoms with van der Waals surface area (Å²) < 4.78 is 11.5. The fraction of sp³-hybridized carbons (Fsp3) is 0.938. The van der Waals surface area contributed by atoms with E-state index in [0.717, 1.165) is 24.7 Å². The molecule has 3 heteroatoms. The van der Waals surface area contributed by atoms with Crippen LogP contribution in [-0.2, 0) is 14.3 Å². The third kappa shape index (κ3) is 3.57. The van der Waals surface area contributed by atoms with E-state index < -0.39 is 0 Å². The summed E-state index contributed by atoms with van der Waals surface area (Å²) in [5.41, 5.74) is 0. The van der Waals surface area contributed by atoms with Crippen molar-refractivity contribution in [2.24, 2.45) is 11.8 Å². The highest BCUT2D eigenvalue weighted by Crippen LogP contribution is 2.45. The summed E-state index contributed by atoms with van der Waals surface area (Å²) in [5, 5.41) is 0. The van der Waals surface area contributed by atoms with Crippen LogP contribution in [0.15, 0.2) is 0 Å². The van der Waals surface area contributed by atoms with E-state index in [2.05, 4.69) is 0 Å². The third-order valence-corrected chi connectivity index (χ3v) is 5.16. The number of hydrogen-bond acceptors (Lipinski definition) is 3. The molecular formula is C16H26O3. The summed E-state index contributed by atoms with van der Waals surface area (Å²) in [5.74, 6) is 1.73. The van der Waals surface area contributed by atoms with Crippen LogP contribution in [0.25, 0.3) is 0 Å². The van der Waals surface area contributed by atoms with Crippen LogP contribution < -0.4 is 0 Å². The first-order valence-electron chi connectivity index (χ1n) is 8.06. The van der Waals surface area contributed by atoms with Gasteiger partial charge in [-0.25, -0.2) is 0 Å². The molecule has 0 spiro atoms. The Morgan fingerprint density at radius 3 is 2.37 bits per heavy atom. The molecule has 3 aliphatic rings. The Labute approximate surface area is 116 Å². The van der Waals surface area contributed by atoms with Crippen LogP contribution in [0.5, 0.6) is 0 Å². The second kappa shape index (κ2) is 6.36. The molecule has 0 aliphatic heterocycles. The lowest BCUT2D eigenvalue weighted by atomic mass is 9.98. The maximum Gasteiger partial charge on any atom is 0.184 e. The van der Waals surface area contributed by atoms with Crippen LogP contribution in [0.1, 0.15) is 57.8 Å². The van der Waals surface area contributed by atoms with Crippen molar-refractivity contribution in [3.8, 4) is 0 Å². The van der Waals surface area contributed by atoms with E-state index in [1.54, 1.807) is 0 Å². The van der Waals surface area contributed by atoms with Gasteiger partial charge in [0.25, 0.3) is 0 Å². The summed E-state index contributed by atoms with van der Waals surface area (Å²) in [6.45, 7) is 0.520. The molecule has 0 heterocycles. The monoisotopic (exact) mass is 266 g/mol. The van der Waals surface area contributed by atoms with Gasteiger partial charge in [-0.2, -0.15) is 0 Å². The van der Waals surface area contributed by atoms with Gasteiger partial charge in [0, 0.05) is 0 Å². The fourth-order valence-electron chi connectivity index (χ4n) is 4.07. The summed E-state index contributed by atoms with van der Waals surface area (Å²) in [6.07, 6.45) is 11.9. The van der Waals surface area contributed by atoms with Crippen molar-refractivity contribution in [2.75, 3.05) is 13.2 Å². The van der Waals surface area contributed by atoms with E-state index in [0.29, 0.717) is 12.2 Å². The number of carbonyl (C=O) groups excluding carboxylic acids is 1. The Balaban J connectivity index is 1.30. The molecule has 0 aromatic heterocycles. The second-order valence-electron chi connectivity index (χ2n) is 6.63. The summed E-state index contributed by atoms with van der Waals surface area (Å²) >= 11 is 0. The molecule has 3 aliphatic carbocycles. The molecule has 108 valence electrons. The molecule has 0 amide bonds.